The summed E-state index contributed by atoms with van der Waals surface area (Å²) in [6, 6.07) is 29.5. The maximum atomic E-state index is 12.8. The van der Waals surface area contributed by atoms with Crippen molar-refractivity contribution in [2.45, 2.75) is 19.0 Å². The third-order valence-corrected chi connectivity index (χ3v) is 5.77. The summed E-state index contributed by atoms with van der Waals surface area (Å²) >= 11 is 12.2. The molecule has 0 spiro atoms. The van der Waals surface area contributed by atoms with Crippen LogP contribution in [-0.4, -0.2) is 13.8 Å². The van der Waals surface area contributed by atoms with Gasteiger partial charge >= 0.3 is 5.97 Å². The van der Waals surface area contributed by atoms with E-state index in [1.807, 2.05) is 60.7 Å². The molecule has 7 heteroatoms. The predicted octanol–water partition coefficient (Wildman–Crippen LogP) is 6.97. The van der Waals surface area contributed by atoms with Crippen LogP contribution in [0.4, 0.5) is 0 Å². The monoisotopic (exact) mass is 502 g/mol. The van der Waals surface area contributed by atoms with Gasteiger partial charge in [-0.3, -0.25) is 4.79 Å². The Morgan fingerprint density at radius 2 is 1.26 bits per heavy atom. The SMILES string of the molecule is [B][C@@H](C(=O)Oc1c(Cl)cccc1Cl)c1ccc(OCc2ccccc2)c(OCc2ccccc2)c1. The first-order valence-electron chi connectivity index (χ1n) is 10.9. The van der Waals surface area contributed by atoms with E-state index in [1.54, 1.807) is 36.4 Å². The van der Waals surface area contributed by atoms with Crippen molar-refractivity contribution < 1.29 is 19.0 Å². The molecule has 0 aliphatic carbocycles. The van der Waals surface area contributed by atoms with Gasteiger partial charge in [0.05, 0.1) is 17.9 Å². The molecule has 0 aliphatic heterocycles. The lowest BCUT2D eigenvalue weighted by Crippen LogP contribution is -2.19. The molecule has 0 fully saturated rings. The van der Waals surface area contributed by atoms with Crippen molar-refractivity contribution in [3.05, 3.63) is 124 Å². The second-order valence-electron chi connectivity index (χ2n) is 7.70. The van der Waals surface area contributed by atoms with E-state index in [-0.39, 0.29) is 15.8 Å². The Kier molecular flexibility index (Phi) is 8.35. The number of carbonyl (C=O) groups is 1. The van der Waals surface area contributed by atoms with Gasteiger partial charge in [-0.2, -0.15) is 0 Å². The van der Waals surface area contributed by atoms with Crippen LogP contribution in [0.5, 0.6) is 17.2 Å². The molecule has 0 saturated carbocycles. The summed E-state index contributed by atoms with van der Waals surface area (Å²) in [5, 5.41) is 0.434. The topological polar surface area (TPSA) is 44.8 Å². The van der Waals surface area contributed by atoms with Crippen LogP contribution >= 0.6 is 23.2 Å². The molecule has 4 aromatic carbocycles. The molecule has 0 heterocycles. The smallest absolute Gasteiger partial charge is 0.309 e. The summed E-state index contributed by atoms with van der Waals surface area (Å²) in [5.74, 6) is -0.735. The highest BCUT2D eigenvalue weighted by molar-refractivity contribution is 6.37. The van der Waals surface area contributed by atoms with E-state index in [9.17, 15) is 4.79 Å². The zero-order valence-corrected chi connectivity index (χ0v) is 20.2. The molecule has 4 rings (SSSR count). The number of benzene rings is 4. The van der Waals surface area contributed by atoms with Gasteiger partial charge in [0.2, 0.25) is 0 Å². The number of hydrogen-bond donors (Lipinski definition) is 0. The van der Waals surface area contributed by atoms with E-state index in [4.69, 9.17) is 45.3 Å². The third kappa shape index (κ3) is 6.59. The van der Waals surface area contributed by atoms with Crippen LogP contribution < -0.4 is 14.2 Å². The van der Waals surface area contributed by atoms with Crippen LogP contribution in [0.25, 0.3) is 0 Å². The predicted molar refractivity (Wildman–Crippen MR) is 139 cm³/mol. The quantitative estimate of drug-likeness (QED) is 0.141. The standard InChI is InChI=1S/C28H21BCl2O4/c29-26(28(32)35-27-22(30)12-7-13-23(27)31)21-14-15-24(33-17-19-8-3-1-4-9-19)25(16-21)34-18-20-10-5-2-6-11-20/h1-16,26H,17-18H2/t26-/m1/s1. The number of para-hydroxylation sites is 1. The Balaban J connectivity index is 1.55. The molecule has 0 aromatic heterocycles. The highest BCUT2D eigenvalue weighted by atomic mass is 35.5. The molecule has 2 radical (unpaired) electrons. The van der Waals surface area contributed by atoms with Crippen LogP contribution in [0, 0.1) is 0 Å². The largest absolute Gasteiger partial charge is 0.485 e. The number of carbonyl (C=O) groups excluding carboxylic acids is 1. The second-order valence-corrected chi connectivity index (χ2v) is 8.52. The molecule has 174 valence electrons. The van der Waals surface area contributed by atoms with Crippen molar-refractivity contribution in [3.63, 3.8) is 0 Å². The highest BCUT2D eigenvalue weighted by Crippen LogP contribution is 2.35. The molecule has 0 N–H and O–H groups in total. The van der Waals surface area contributed by atoms with Gasteiger partial charge in [-0.05, 0) is 41.0 Å². The summed E-state index contributed by atoms with van der Waals surface area (Å²) < 4.78 is 17.5. The van der Waals surface area contributed by atoms with Gasteiger partial charge in [0, 0.05) is 5.82 Å². The molecule has 35 heavy (non-hydrogen) atoms. The fourth-order valence-electron chi connectivity index (χ4n) is 3.30. The van der Waals surface area contributed by atoms with E-state index in [2.05, 4.69) is 0 Å². The molecular weight excluding hydrogens is 482 g/mol. The molecule has 0 aliphatic rings. The van der Waals surface area contributed by atoms with E-state index < -0.39 is 11.8 Å². The lowest BCUT2D eigenvalue weighted by molar-refractivity contribution is -0.134. The minimum Gasteiger partial charge on any atom is -0.485 e. The Morgan fingerprint density at radius 1 is 0.714 bits per heavy atom. The van der Waals surface area contributed by atoms with Crippen LogP contribution in [0.3, 0.4) is 0 Å². The summed E-state index contributed by atoms with van der Waals surface area (Å²) in [4.78, 5) is 12.8. The zero-order valence-electron chi connectivity index (χ0n) is 18.7. The summed E-state index contributed by atoms with van der Waals surface area (Å²) in [7, 11) is 6.22. The minimum absolute atomic E-state index is 0.0691. The van der Waals surface area contributed by atoms with E-state index in [0.717, 1.165) is 11.1 Å². The first-order valence-corrected chi connectivity index (χ1v) is 11.7. The van der Waals surface area contributed by atoms with Crippen molar-refractivity contribution in [3.8, 4) is 17.2 Å². The maximum Gasteiger partial charge on any atom is 0.309 e. The van der Waals surface area contributed by atoms with Crippen LogP contribution in [0.2, 0.25) is 10.0 Å². The Bertz CT molecular complexity index is 1260. The molecule has 1 atom stereocenters. The number of ether oxygens (including phenoxy) is 3. The lowest BCUT2D eigenvalue weighted by atomic mass is 9.81. The van der Waals surface area contributed by atoms with Gasteiger partial charge in [0.25, 0.3) is 0 Å². The summed E-state index contributed by atoms with van der Waals surface area (Å²) in [6.45, 7) is 0.682. The van der Waals surface area contributed by atoms with Gasteiger partial charge in [0.1, 0.15) is 13.2 Å². The number of esters is 1. The average molecular weight is 503 g/mol. The molecule has 0 bridgehead atoms. The Labute approximate surface area is 215 Å². The van der Waals surface area contributed by atoms with Gasteiger partial charge in [-0.1, -0.05) is 96.0 Å². The highest BCUT2D eigenvalue weighted by Gasteiger charge is 2.21. The van der Waals surface area contributed by atoms with Gasteiger partial charge in [0.15, 0.2) is 17.2 Å². The van der Waals surface area contributed by atoms with Crippen LogP contribution in [0.15, 0.2) is 97.1 Å². The second kappa shape index (κ2) is 11.8. The zero-order chi connectivity index (χ0) is 24.6. The molecule has 4 nitrogen and oxygen atoms in total. The van der Waals surface area contributed by atoms with Gasteiger partial charge in [-0.25, -0.2) is 0 Å². The average Bonchev–Trinajstić information content (AvgIpc) is 2.89. The van der Waals surface area contributed by atoms with Crippen molar-refractivity contribution >= 4 is 37.0 Å². The summed E-state index contributed by atoms with van der Waals surface area (Å²) in [6.07, 6.45) is 0. The van der Waals surface area contributed by atoms with Crippen molar-refractivity contribution in [1.82, 2.24) is 0 Å². The first kappa shape index (κ1) is 24.7. The molecule has 0 amide bonds. The fraction of sp³-hybridized carbons (Fsp3) is 0.107. The van der Waals surface area contributed by atoms with Gasteiger partial charge < -0.3 is 14.2 Å². The number of halogens is 2. The van der Waals surface area contributed by atoms with Crippen molar-refractivity contribution in [2.24, 2.45) is 0 Å². The number of hydrogen-bond acceptors (Lipinski definition) is 4. The maximum absolute atomic E-state index is 12.8. The molecular formula is C28H21BCl2O4. The lowest BCUT2D eigenvalue weighted by Gasteiger charge is -2.17. The normalized spacial score (nSPS) is 11.5. The van der Waals surface area contributed by atoms with Crippen LogP contribution in [0.1, 0.15) is 22.5 Å². The summed E-state index contributed by atoms with van der Waals surface area (Å²) in [5.41, 5.74) is 2.50. The fourth-order valence-corrected chi connectivity index (χ4v) is 3.78. The van der Waals surface area contributed by atoms with E-state index in [1.165, 1.54) is 0 Å². The van der Waals surface area contributed by atoms with E-state index in [0.29, 0.717) is 30.3 Å². The Morgan fingerprint density at radius 3 is 1.83 bits per heavy atom. The minimum atomic E-state index is -1.09. The van der Waals surface area contributed by atoms with E-state index >= 15 is 0 Å². The molecule has 0 saturated heterocycles. The third-order valence-electron chi connectivity index (χ3n) is 5.18. The van der Waals surface area contributed by atoms with Crippen molar-refractivity contribution in [2.75, 3.05) is 0 Å². The molecule has 0 unspecified atom stereocenters. The first-order chi connectivity index (χ1) is 17.0. The molecule has 4 aromatic rings. The Hall–Kier alpha value is -3.41. The van der Waals surface area contributed by atoms with Gasteiger partial charge in [-0.15, -0.1) is 0 Å². The number of rotatable bonds is 9. The van der Waals surface area contributed by atoms with Crippen LogP contribution in [-0.2, 0) is 18.0 Å². The van der Waals surface area contributed by atoms with Crippen molar-refractivity contribution in [1.29, 1.82) is 0 Å².